The zero-order valence-corrected chi connectivity index (χ0v) is 22.9. The Morgan fingerprint density at radius 1 is 1.02 bits per heavy atom. The van der Waals surface area contributed by atoms with E-state index in [-0.39, 0.29) is 11.6 Å². The van der Waals surface area contributed by atoms with Gasteiger partial charge in [0.15, 0.2) is 11.6 Å². The molecule has 2 atom stereocenters. The van der Waals surface area contributed by atoms with Crippen LogP contribution in [0.2, 0.25) is 0 Å². The number of ether oxygens (including phenoxy) is 2. The second-order valence-corrected chi connectivity index (χ2v) is 10.0. The SMILES string of the molecule is COc1cc(Nc2nc3ccccc3nc2N(c2cccc(N3CCCCC3C(N)=O)c2)S(=O)[O-])cc(OC)c1. The highest BCUT2D eigenvalue weighted by molar-refractivity contribution is 7.81. The zero-order chi connectivity index (χ0) is 28.2. The third kappa shape index (κ3) is 5.63. The summed E-state index contributed by atoms with van der Waals surface area (Å²) in [6.45, 7) is 0.637. The van der Waals surface area contributed by atoms with E-state index in [0.717, 1.165) is 17.1 Å². The third-order valence-corrected chi connectivity index (χ3v) is 7.42. The van der Waals surface area contributed by atoms with Crippen molar-refractivity contribution >= 4 is 56.9 Å². The molecule has 1 amide bonds. The first kappa shape index (κ1) is 27.2. The summed E-state index contributed by atoms with van der Waals surface area (Å²) in [5, 5.41) is 3.20. The lowest BCUT2D eigenvalue weighted by molar-refractivity contribution is -0.119. The van der Waals surface area contributed by atoms with Crippen LogP contribution in [0.25, 0.3) is 11.0 Å². The van der Waals surface area contributed by atoms with Crippen molar-refractivity contribution in [2.24, 2.45) is 5.73 Å². The molecule has 0 spiro atoms. The number of fused-ring (bicyclic) bond motifs is 1. The average Bonchev–Trinajstić information content (AvgIpc) is 2.97. The number of nitrogens with zero attached hydrogens (tertiary/aromatic N) is 4. The van der Waals surface area contributed by atoms with E-state index in [1.165, 1.54) is 0 Å². The molecule has 1 aliphatic heterocycles. The van der Waals surface area contributed by atoms with Gasteiger partial charge in [0.25, 0.3) is 0 Å². The van der Waals surface area contributed by atoms with Gasteiger partial charge >= 0.3 is 0 Å². The largest absolute Gasteiger partial charge is 0.755 e. The average molecular weight is 562 g/mol. The summed E-state index contributed by atoms with van der Waals surface area (Å²) < 4.78 is 37.5. The molecule has 0 bridgehead atoms. The fourth-order valence-electron chi connectivity index (χ4n) is 4.85. The predicted molar refractivity (Wildman–Crippen MR) is 154 cm³/mol. The zero-order valence-electron chi connectivity index (χ0n) is 22.1. The molecule has 208 valence electrons. The topological polar surface area (TPSA) is 146 Å². The van der Waals surface area contributed by atoms with Crippen molar-refractivity contribution in [2.75, 3.05) is 35.3 Å². The molecule has 11 nitrogen and oxygen atoms in total. The molecule has 1 aromatic heterocycles. The van der Waals surface area contributed by atoms with E-state index in [1.54, 1.807) is 68.8 Å². The van der Waals surface area contributed by atoms with Crippen LogP contribution in [-0.2, 0) is 16.1 Å². The number of methoxy groups -OCH3 is 2. The molecule has 4 aromatic rings. The van der Waals surface area contributed by atoms with Crippen molar-refractivity contribution in [1.29, 1.82) is 0 Å². The van der Waals surface area contributed by atoms with E-state index in [2.05, 4.69) is 5.32 Å². The fraction of sp³-hybridized carbons (Fsp3) is 0.250. The number of rotatable bonds is 9. The highest BCUT2D eigenvalue weighted by Crippen LogP contribution is 2.37. The number of primary amides is 1. The van der Waals surface area contributed by atoms with Gasteiger partial charge in [-0.2, -0.15) is 0 Å². The molecule has 1 aliphatic rings. The van der Waals surface area contributed by atoms with E-state index in [0.29, 0.717) is 52.6 Å². The van der Waals surface area contributed by atoms with Gasteiger partial charge in [-0.1, -0.05) is 18.2 Å². The van der Waals surface area contributed by atoms with E-state index < -0.39 is 23.2 Å². The highest BCUT2D eigenvalue weighted by Gasteiger charge is 2.28. The van der Waals surface area contributed by atoms with Crippen LogP contribution in [0.1, 0.15) is 19.3 Å². The standard InChI is InChI=1S/C28H30N6O5S/c1-38-21-14-18(15-22(17-21)39-2)30-27-28(32-24-11-4-3-10-23(24)31-27)34(40(36)37)20-9-7-8-19(16-20)33-13-6-5-12-25(33)26(29)35/h3-4,7-11,14-17,25H,5-6,12-13H2,1-2H3,(H2,29,35)(H,30,31)(H,36,37)/p-1. The summed E-state index contributed by atoms with van der Waals surface area (Å²) in [5.74, 6) is 0.946. The Bertz CT molecular complexity index is 1550. The Morgan fingerprint density at radius 3 is 2.38 bits per heavy atom. The number of carbonyl (C=O) groups is 1. The summed E-state index contributed by atoms with van der Waals surface area (Å²) in [7, 11) is 3.08. The maximum absolute atomic E-state index is 12.8. The normalized spacial score (nSPS) is 15.9. The summed E-state index contributed by atoms with van der Waals surface area (Å²) in [4.78, 5) is 23.5. The molecular formula is C28H29N6O5S-. The molecule has 0 saturated carbocycles. The van der Waals surface area contributed by atoms with Gasteiger partial charge in [0, 0.05) is 36.1 Å². The molecule has 40 heavy (non-hydrogen) atoms. The third-order valence-electron chi connectivity index (χ3n) is 6.73. The molecule has 2 heterocycles. The van der Waals surface area contributed by atoms with Crippen molar-refractivity contribution in [3.05, 3.63) is 66.7 Å². The number of hydrogen-bond acceptors (Lipinski definition) is 9. The van der Waals surface area contributed by atoms with Crippen molar-refractivity contribution < 1.29 is 23.0 Å². The summed E-state index contributed by atoms with van der Waals surface area (Å²) in [6, 6.07) is 18.9. The van der Waals surface area contributed by atoms with Gasteiger partial charge in [-0.25, -0.2) is 9.97 Å². The predicted octanol–water partition coefficient (Wildman–Crippen LogP) is 4.17. The van der Waals surface area contributed by atoms with Crippen molar-refractivity contribution in [3.63, 3.8) is 0 Å². The van der Waals surface area contributed by atoms with Crippen molar-refractivity contribution in [3.8, 4) is 11.5 Å². The van der Waals surface area contributed by atoms with Crippen LogP contribution in [0.5, 0.6) is 11.5 Å². The van der Waals surface area contributed by atoms with E-state index >= 15 is 0 Å². The second-order valence-electron chi connectivity index (χ2n) is 9.25. The molecular weight excluding hydrogens is 532 g/mol. The van der Waals surface area contributed by atoms with Crippen LogP contribution in [0.4, 0.5) is 28.7 Å². The number of benzene rings is 3. The quantitative estimate of drug-likeness (QED) is 0.288. The Kier molecular flexibility index (Phi) is 7.99. The van der Waals surface area contributed by atoms with Gasteiger partial charge in [0.05, 0.1) is 42.2 Å². The number of carbonyl (C=O) groups excluding carboxylic acids is 1. The summed E-state index contributed by atoms with van der Waals surface area (Å²) in [6.07, 6.45) is 2.45. The van der Waals surface area contributed by atoms with E-state index in [9.17, 15) is 13.6 Å². The first-order chi connectivity index (χ1) is 19.4. The van der Waals surface area contributed by atoms with Gasteiger partial charge in [0.1, 0.15) is 17.5 Å². The number of nitrogens with two attached hydrogens (primary N) is 1. The number of anilines is 5. The Balaban J connectivity index is 1.62. The molecule has 3 aromatic carbocycles. The van der Waals surface area contributed by atoms with E-state index in [1.807, 2.05) is 17.0 Å². The first-order valence-electron chi connectivity index (χ1n) is 12.7. The maximum Gasteiger partial charge on any atom is 0.240 e. The van der Waals surface area contributed by atoms with Crippen LogP contribution in [-0.4, -0.2) is 51.4 Å². The molecule has 0 radical (unpaired) electrons. The first-order valence-corrected chi connectivity index (χ1v) is 13.7. The molecule has 0 aliphatic carbocycles. The van der Waals surface area contributed by atoms with Crippen LogP contribution in [0.15, 0.2) is 66.7 Å². The smallest absolute Gasteiger partial charge is 0.240 e. The van der Waals surface area contributed by atoms with Crippen LogP contribution < -0.4 is 29.7 Å². The van der Waals surface area contributed by atoms with Gasteiger partial charge in [-0.15, -0.1) is 0 Å². The van der Waals surface area contributed by atoms with Crippen LogP contribution in [0, 0.1) is 0 Å². The Hall–Kier alpha value is -4.42. The molecule has 1 fully saturated rings. The fourth-order valence-corrected chi connectivity index (χ4v) is 5.40. The number of hydrogen-bond donors (Lipinski definition) is 2. The van der Waals surface area contributed by atoms with Gasteiger partial charge in [-0.05, 0) is 49.6 Å². The van der Waals surface area contributed by atoms with Gasteiger partial charge in [-0.3, -0.25) is 13.3 Å². The molecule has 2 unspecified atom stereocenters. The van der Waals surface area contributed by atoms with Crippen molar-refractivity contribution in [1.82, 2.24) is 9.97 Å². The van der Waals surface area contributed by atoms with Gasteiger partial charge in [0.2, 0.25) is 5.91 Å². The summed E-state index contributed by atoms with van der Waals surface area (Å²) >= 11 is -2.78. The monoisotopic (exact) mass is 561 g/mol. The summed E-state index contributed by atoms with van der Waals surface area (Å²) in [5.41, 5.74) is 8.36. The maximum atomic E-state index is 12.8. The molecule has 5 rings (SSSR count). The van der Waals surface area contributed by atoms with Crippen LogP contribution in [0.3, 0.4) is 0 Å². The number of para-hydroxylation sites is 2. The second kappa shape index (κ2) is 11.8. The minimum Gasteiger partial charge on any atom is -0.755 e. The number of piperidine rings is 1. The lowest BCUT2D eigenvalue weighted by atomic mass is 10.0. The van der Waals surface area contributed by atoms with E-state index in [4.69, 9.17) is 25.2 Å². The number of nitrogens with one attached hydrogen (secondary N) is 1. The number of aromatic nitrogens is 2. The minimum absolute atomic E-state index is 0.0658. The Morgan fingerprint density at radius 2 is 1.73 bits per heavy atom. The molecule has 3 N–H and O–H groups in total. The minimum atomic E-state index is -2.78. The molecule has 12 heteroatoms. The highest BCUT2D eigenvalue weighted by atomic mass is 32.2. The Labute approximate surface area is 234 Å². The van der Waals surface area contributed by atoms with Crippen molar-refractivity contribution in [2.45, 2.75) is 25.3 Å². The lowest BCUT2D eigenvalue weighted by Crippen LogP contribution is -2.47. The van der Waals surface area contributed by atoms with Crippen LogP contribution >= 0.6 is 0 Å². The number of amides is 1. The van der Waals surface area contributed by atoms with Gasteiger partial charge < -0.3 is 30.0 Å². The molecule has 1 saturated heterocycles. The lowest BCUT2D eigenvalue weighted by Gasteiger charge is -2.36.